The minimum Gasteiger partial charge on any atom is -0.370 e. The predicted molar refractivity (Wildman–Crippen MR) is 112 cm³/mol. The standard InChI is InChI=1S/C20H17Cl2N5/c21-14-5-6-18(16(22)11-14)26-20-24-10-8-19(27-20)23-9-7-13-12-25-17-4-2-1-3-15(13)17/h1-6,8,10-12,25H,7,9H2,(H2,23,24,26,27). The molecule has 0 aliphatic carbocycles. The van der Waals surface area contributed by atoms with Crippen molar-refractivity contribution in [2.75, 3.05) is 17.2 Å². The molecule has 27 heavy (non-hydrogen) atoms. The van der Waals surface area contributed by atoms with Crippen LogP contribution in [0.2, 0.25) is 10.0 Å². The average Bonchev–Trinajstić information content (AvgIpc) is 3.08. The summed E-state index contributed by atoms with van der Waals surface area (Å²) in [7, 11) is 0. The molecule has 0 aliphatic heterocycles. The third-order valence-corrected chi connectivity index (χ3v) is 4.76. The van der Waals surface area contributed by atoms with E-state index in [1.165, 1.54) is 10.9 Å². The first-order valence-corrected chi connectivity index (χ1v) is 9.28. The van der Waals surface area contributed by atoms with Crippen LogP contribution >= 0.6 is 23.2 Å². The third kappa shape index (κ3) is 4.15. The van der Waals surface area contributed by atoms with Gasteiger partial charge in [-0.3, -0.25) is 0 Å². The van der Waals surface area contributed by atoms with Crippen LogP contribution in [0.1, 0.15) is 5.56 Å². The number of anilines is 3. The van der Waals surface area contributed by atoms with Crippen LogP contribution in [0.3, 0.4) is 0 Å². The number of benzene rings is 2. The van der Waals surface area contributed by atoms with Crippen molar-refractivity contribution in [3.05, 3.63) is 76.5 Å². The van der Waals surface area contributed by atoms with E-state index in [1.54, 1.807) is 24.4 Å². The van der Waals surface area contributed by atoms with E-state index in [1.807, 2.05) is 12.1 Å². The Bertz CT molecular complexity index is 1080. The topological polar surface area (TPSA) is 65.6 Å². The molecule has 0 aliphatic rings. The van der Waals surface area contributed by atoms with Gasteiger partial charge in [0.2, 0.25) is 5.95 Å². The highest BCUT2D eigenvalue weighted by Gasteiger charge is 2.06. The first-order chi connectivity index (χ1) is 13.2. The molecule has 0 unspecified atom stereocenters. The lowest BCUT2D eigenvalue weighted by Crippen LogP contribution is -2.07. The Morgan fingerprint density at radius 3 is 2.81 bits per heavy atom. The fourth-order valence-electron chi connectivity index (χ4n) is 2.89. The van der Waals surface area contributed by atoms with E-state index in [0.29, 0.717) is 21.7 Å². The van der Waals surface area contributed by atoms with E-state index in [2.05, 4.69) is 50.0 Å². The van der Waals surface area contributed by atoms with E-state index in [0.717, 1.165) is 24.3 Å². The fraction of sp³-hybridized carbons (Fsp3) is 0.100. The number of para-hydroxylation sites is 1. The SMILES string of the molecule is Clc1ccc(Nc2nccc(NCCc3c[nH]c4ccccc34)n2)c(Cl)c1. The highest BCUT2D eigenvalue weighted by Crippen LogP contribution is 2.27. The summed E-state index contributed by atoms with van der Waals surface area (Å²) in [5, 5.41) is 8.80. The van der Waals surface area contributed by atoms with Gasteiger partial charge in [-0.25, -0.2) is 4.98 Å². The van der Waals surface area contributed by atoms with Gasteiger partial charge in [-0.05, 0) is 42.3 Å². The lowest BCUT2D eigenvalue weighted by Gasteiger charge is -2.09. The summed E-state index contributed by atoms with van der Waals surface area (Å²) < 4.78 is 0. The van der Waals surface area contributed by atoms with Crippen molar-refractivity contribution in [3.8, 4) is 0 Å². The maximum absolute atomic E-state index is 6.19. The van der Waals surface area contributed by atoms with Gasteiger partial charge in [0.15, 0.2) is 0 Å². The normalized spacial score (nSPS) is 10.9. The highest BCUT2D eigenvalue weighted by molar-refractivity contribution is 6.36. The molecule has 7 heteroatoms. The minimum absolute atomic E-state index is 0.469. The Kier molecular flexibility index (Phi) is 5.14. The van der Waals surface area contributed by atoms with Gasteiger partial charge in [0.25, 0.3) is 0 Å². The van der Waals surface area contributed by atoms with Crippen molar-refractivity contribution in [1.29, 1.82) is 0 Å². The van der Waals surface area contributed by atoms with Crippen LogP contribution in [0.25, 0.3) is 10.9 Å². The van der Waals surface area contributed by atoms with Gasteiger partial charge in [-0.2, -0.15) is 4.98 Å². The molecule has 0 amide bonds. The quantitative estimate of drug-likeness (QED) is 0.392. The van der Waals surface area contributed by atoms with Gasteiger partial charge in [0.1, 0.15) is 5.82 Å². The number of hydrogen-bond donors (Lipinski definition) is 3. The number of hydrogen-bond acceptors (Lipinski definition) is 4. The summed E-state index contributed by atoms with van der Waals surface area (Å²) in [5.41, 5.74) is 3.14. The Labute approximate surface area is 166 Å². The van der Waals surface area contributed by atoms with Crippen LogP contribution in [0.15, 0.2) is 60.9 Å². The van der Waals surface area contributed by atoms with Crippen molar-refractivity contribution in [3.63, 3.8) is 0 Å². The second-order valence-corrected chi connectivity index (χ2v) is 6.89. The van der Waals surface area contributed by atoms with Crippen LogP contribution in [-0.2, 0) is 6.42 Å². The van der Waals surface area contributed by atoms with Crippen LogP contribution in [0, 0.1) is 0 Å². The Morgan fingerprint density at radius 2 is 1.93 bits per heavy atom. The first kappa shape index (κ1) is 17.6. The molecule has 0 radical (unpaired) electrons. The van der Waals surface area contributed by atoms with Gasteiger partial charge >= 0.3 is 0 Å². The van der Waals surface area contributed by atoms with Crippen molar-refractivity contribution < 1.29 is 0 Å². The van der Waals surface area contributed by atoms with Crippen LogP contribution < -0.4 is 10.6 Å². The van der Waals surface area contributed by atoms with Crippen LogP contribution in [0.5, 0.6) is 0 Å². The molecule has 2 aromatic carbocycles. The zero-order chi connectivity index (χ0) is 18.6. The molecule has 0 saturated heterocycles. The lowest BCUT2D eigenvalue weighted by atomic mass is 10.1. The molecule has 4 rings (SSSR count). The second-order valence-electron chi connectivity index (χ2n) is 6.05. The summed E-state index contributed by atoms with van der Waals surface area (Å²) in [6.07, 6.45) is 4.65. The predicted octanol–water partition coefficient (Wildman–Crippen LogP) is 5.66. The maximum atomic E-state index is 6.19. The summed E-state index contributed by atoms with van der Waals surface area (Å²) >= 11 is 12.1. The molecular formula is C20H17Cl2N5. The Morgan fingerprint density at radius 1 is 1.04 bits per heavy atom. The number of H-pyrrole nitrogens is 1. The molecular weight excluding hydrogens is 381 g/mol. The molecule has 2 heterocycles. The number of rotatable bonds is 6. The third-order valence-electron chi connectivity index (χ3n) is 4.21. The summed E-state index contributed by atoms with van der Waals surface area (Å²) in [4.78, 5) is 12.0. The van der Waals surface area contributed by atoms with Crippen LogP contribution in [0.4, 0.5) is 17.5 Å². The van der Waals surface area contributed by atoms with Gasteiger partial charge in [-0.1, -0.05) is 41.4 Å². The van der Waals surface area contributed by atoms with Crippen LogP contribution in [-0.4, -0.2) is 21.5 Å². The van der Waals surface area contributed by atoms with Crippen molar-refractivity contribution in [2.45, 2.75) is 6.42 Å². The largest absolute Gasteiger partial charge is 0.370 e. The molecule has 136 valence electrons. The number of halogens is 2. The van der Waals surface area contributed by atoms with Gasteiger partial charge in [-0.15, -0.1) is 0 Å². The highest BCUT2D eigenvalue weighted by atomic mass is 35.5. The van der Waals surface area contributed by atoms with Gasteiger partial charge in [0, 0.05) is 34.9 Å². The summed E-state index contributed by atoms with van der Waals surface area (Å²) in [6.45, 7) is 0.764. The molecule has 3 N–H and O–H groups in total. The van der Waals surface area contributed by atoms with E-state index in [-0.39, 0.29) is 0 Å². The van der Waals surface area contributed by atoms with Gasteiger partial charge < -0.3 is 15.6 Å². The van der Waals surface area contributed by atoms with E-state index >= 15 is 0 Å². The molecule has 0 saturated carbocycles. The maximum Gasteiger partial charge on any atom is 0.229 e. The zero-order valence-electron chi connectivity index (χ0n) is 14.3. The van der Waals surface area contributed by atoms with E-state index < -0.39 is 0 Å². The number of fused-ring (bicyclic) bond motifs is 1. The summed E-state index contributed by atoms with van der Waals surface area (Å²) in [6, 6.07) is 15.4. The van der Waals surface area contributed by atoms with E-state index in [4.69, 9.17) is 23.2 Å². The van der Waals surface area contributed by atoms with Crippen molar-refractivity contribution >= 4 is 51.6 Å². The summed E-state index contributed by atoms with van der Waals surface area (Å²) in [5.74, 6) is 1.22. The number of aromatic nitrogens is 3. The number of nitrogens with zero attached hydrogens (tertiary/aromatic N) is 2. The second kappa shape index (κ2) is 7.86. The smallest absolute Gasteiger partial charge is 0.229 e. The Balaban J connectivity index is 1.40. The van der Waals surface area contributed by atoms with Crippen molar-refractivity contribution in [2.24, 2.45) is 0 Å². The van der Waals surface area contributed by atoms with E-state index in [9.17, 15) is 0 Å². The van der Waals surface area contributed by atoms with Gasteiger partial charge in [0.05, 0.1) is 10.7 Å². The fourth-order valence-corrected chi connectivity index (χ4v) is 3.35. The molecule has 0 atom stereocenters. The molecule has 0 spiro atoms. The minimum atomic E-state index is 0.469. The first-order valence-electron chi connectivity index (χ1n) is 8.53. The average molecular weight is 398 g/mol. The zero-order valence-corrected chi connectivity index (χ0v) is 15.8. The molecule has 5 nitrogen and oxygen atoms in total. The Hall–Kier alpha value is -2.76. The molecule has 0 fully saturated rings. The molecule has 2 aromatic heterocycles. The molecule has 4 aromatic rings. The monoisotopic (exact) mass is 397 g/mol. The number of aromatic amines is 1. The lowest BCUT2D eigenvalue weighted by molar-refractivity contribution is 1.01. The molecule has 0 bridgehead atoms. The van der Waals surface area contributed by atoms with Crippen molar-refractivity contribution in [1.82, 2.24) is 15.0 Å². The number of nitrogens with one attached hydrogen (secondary N) is 3.